The number of rotatable bonds is 11. The maximum absolute atomic E-state index is 15.1. The zero-order valence-electron chi connectivity index (χ0n) is 24.2. The number of nitrogens with one attached hydrogen (secondary N) is 1. The van der Waals surface area contributed by atoms with E-state index in [-0.39, 0.29) is 47.9 Å². The minimum atomic E-state index is -3.92. The van der Waals surface area contributed by atoms with Gasteiger partial charge in [0.2, 0.25) is 0 Å². The molecule has 0 spiro atoms. The lowest BCUT2D eigenvalue weighted by Crippen LogP contribution is -2.63. The molecule has 5 rings (SSSR count). The minimum Gasteiger partial charge on any atom is -0.494 e. The van der Waals surface area contributed by atoms with E-state index >= 15 is 4.39 Å². The summed E-state index contributed by atoms with van der Waals surface area (Å²) >= 11 is 0. The van der Waals surface area contributed by atoms with E-state index in [4.69, 9.17) is 10.5 Å². The molecule has 1 aliphatic rings. The Bertz CT molecular complexity index is 1750. The molecule has 242 valence electrons. The first-order valence-corrected chi connectivity index (χ1v) is 15.4. The van der Waals surface area contributed by atoms with Crippen molar-refractivity contribution in [3.63, 3.8) is 0 Å². The first-order chi connectivity index (χ1) is 21.4. The summed E-state index contributed by atoms with van der Waals surface area (Å²) in [7, 11) is -1.60. The van der Waals surface area contributed by atoms with E-state index in [0.717, 1.165) is 19.2 Å². The largest absolute Gasteiger partial charge is 0.494 e. The monoisotopic (exact) mass is 654 g/mol. The van der Waals surface area contributed by atoms with Gasteiger partial charge in [0.15, 0.2) is 23.0 Å². The van der Waals surface area contributed by atoms with Crippen molar-refractivity contribution in [1.29, 1.82) is 0 Å². The van der Waals surface area contributed by atoms with Crippen molar-refractivity contribution >= 4 is 30.3 Å². The van der Waals surface area contributed by atoms with Crippen molar-refractivity contribution in [2.24, 2.45) is 5.73 Å². The average Bonchev–Trinajstić information content (AvgIpc) is 3.43. The van der Waals surface area contributed by atoms with Crippen LogP contribution in [0.1, 0.15) is 18.4 Å². The van der Waals surface area contributed by atoms with E-state index in [0.29, 0.717) is 29.9 Å². The molecule has 4 heterocycles. The first kappa shape index (κ1) is 32.5. The molecule has 3 aromatic heterocycles. The van der Waals surface area contributed by atoms with Gasteiger partial charge in [-0.05, 0) is 30.5 Å². The highest BCUT2D eigenvalue weighted by atomic mass is 31.2. The molecule has 1 fully saturated rings. The summed E-state index contributed by atoms with van der Waals surface area (Å²) in [6, 6.07) is 3.40. The third-order valence-corrected chi connectivity index (χ3v) is 8.81. The van der Waals surface area contributed by atoms with E-state index < -0.39 is 43.6 Å². The number of piperidine rings is 1. The van der Waals surface area contributed by atoms with Crippen LogP contribution in [0, 0.1) is 11.6 Å². The predicted octanol–water partition coefficient (Wildman–Crippen LogP) is 3.35. The van der Waals surface area contributed by atoms with Crippen molar-refractivity contribution in [1.82, 2.24) is 24.5 Å². The quantitative estimate of drug-likeness (QED) is 0.137. The summed E-state index contributed by atoms with van der Waals surface area (Å²) in [5.74, 6) is -1.70. The second-order valence-corrected chi connectivity index (χ2v) is 12.6. The maximum Gasteiger partial charge on any atom is 0.346 e. The van der Waals surface area contributed by atoms with Crippen LogP contribution < -0.4 is 20.7 Å². The van der Waals surface area contributed by atoms with E-state index in [1.54, 1.807) is 9.47 Å². The van der Waals surface area contributed by atoms with Crippen LogP contribution in [-0.2, 0) is 15.6 Å². The van der Waals surface area contributed by atoms with E-state index in [1.165, 1.54) is 32.0 Å². The van der Waals surface area contributed by atoms with Gasteiger partial charge in [-0.1, -0.05) is 0 Å². The lowest BCUT2D eigenvalue weighted by atomic mass is 9.84. The summed E-state index contributed by atoms with van der Waals surface area (Å²) < 4.78 is 79.7. The summed E-state index contributed by atoms with van der Waals surface area (Å²) in [5.41, 5.74) is 6.15. The Kier molecular flexibility index (Phi) is 9.28. The highest BCUT2D eigenvalue weighted by molar-refractivity contribution is 7.52. The van der Waals surface area contributed by atoms with Gasteiger partial charge in [-0.3, -0.25) is 9.55 Å². The molecule has 1 aromatic carbocycles. The summed E-state index contributed by atoms with van der Waals surface area (Å²) in [6.07, 6.45) is -0.915. The van der Waals surface area contributed by atoms with E-state index in [2.05, 4.69) is 29.8 Å². The standard InChI is InChI=1S/C27H31F4N8O5P/c1-43-21-8-17(28)16(7-18(21)29)19-6-15(20(9-33-19)38-5-3-4-27(32,11-38)23(40)24(30)31)10-39-13-36-22-25(34-12-35-26(22)39)37-14-45(41,42)44-2/h6-9,12-13,23-24,40H,3-5,10-11,14,32H2,1-2H3,(H,41,42)(H,34,35,37)/t23-,27-/m1/s1. The molecule has 3 atom stereocenters. The predicted molar refractivity (Wildman–Crippen MR) is 156 cm³/mol. The Hall–Kier alpha value is -3.89. The van der Waals surface area contributed by atoms with Crippen molar-refractivity contribution < 1.29 is 41.4 Å². The molecule has 1 saturated heterocycles. The van der Waals surface area contributed by atoms with Gasteiger partial charge in [0.25, 0.3) is 6.43 Å². The van der Waals surface area contributed by atoms with Gasteiger partial charge in [-0.2, -0.15) is 0 Å². The van der Waals surface area contributed by atoms with Crippen molar-refractivity contribution in [2.45, 2.75) is 37.5 Å². The molecule has 1 aliphatic heterocycles. The van der Waals surface area contributed by atoms with Crippen LogP contribution >= 0.6 is 7.60 Å². The molecule has 0 aliphatic carbocycles. The number of aliphatic hydroxyl groups excluding tert-OH is 1. The van der Waals surface area contributed by atoms with Gasteiger partial charge in [-0.25, -0.2) is 32.5 Å². The van der Waals surface area contributed by atoms with Gasteiger partial charge in [0, 0.05) is 31.8 Å². The number of hydrogen-bond donors (Lipinski definition) is 4. The number of hydrogen-bond acceptors (Lipinski definition) is 11. The Morgan fingerprint density at radius 1 is 1.16 bits per heavy atom. The number of benzene rings is 1. The minimum absolute atomic E-state index is 0.0418. The lowest BCUT2D eigenvalue weighted by Gasteiger charge is -2.44. The van der Waals surface area contributed by atoms with Crippen LogP contribution in [0.2, 0.25) is 0 Å². The number of nitrogens with two attached hydrogens (primary N) is 1. The molecule has 0 bridgehead atoms. The number of halogens is 4. The van der Waals surface area contributed by atoms with Crippen molar-refractivity contribution in [3.05, 3.63) is 54.2 Å². The Morgan fingerprint density at radius 2 is 1.93 bits per heavy atom. The number of nitrogens with zero attached hydrogens (tertiary/aromatic N) is 6. The van der Waals surface area contributed by atoms with Crippen LogP contribution in [0.15, 0.2) is 37.1 Å². The topological polar surface area (TPSA) is 174 Å². The molecular weight excluding hydrogens is 623 g/mol. The smallest absolute Gasteiger partial charge is 0.346 e. The molecule has 0 radical (unpaired) electrons. The van der Waals surface area contributed by atoms with Gasteiger partial charge in [-0.15, -0.1) is 0 Å². The highest BCUT2D eigenvalue weighted by Crippen LogP contribution is 2.40. The number of fused-ring (bicyclic) bond motifs is 1. The van der Waals surface area contributed by atoms with Crippen LogP contribution in [0.3, 0.4) is 0 Å². The zero-order valence-corrected chi connectivity index (χ0v) is 25.1. The SMILES string of the molecule is COc1cc(F)c(-c2cc(Cn3cnc4c(NCP(=O)(O)OC)ncnc43)c(N3CCC[C@](N)([C@H](O)C(F)F)C3)cn2)cc1F. The first-order valence-electron chi connectivity index (χ1n) is 13.7. The molecule has 4 aromatic rings. The van der Waals surface area contributed by atoms with Crippen LogP contribution in [0.5, 0.6) is 5.75 Å². The molecule has 5 N–H and O–H groups in total. The average molecular weight is 655 g/mol. The fourth-order valence-electron chi connectivity index (χ4n) is 5.29. The van der Waals surface area contributed by atoms with Gasteiger partial charge < -0.3 is 39.8 Å². The Balaban J connectivity index is 1.57. The second-order valence-electron chi connectivity index (χ2n) is 10.6. The number of ether oxygens (including phenoxy) is 1. The molecule has 18 heteroatoms. The van der Waals surface area contributed by atoms with Crippen molar-refractivity contribution in [3.8, 4) is 17.0 Å². The number of anilines is 2. The number of pyridine rings is 1. The fraction of sp³-hybridized carbons (Fsp3) is 0.407. The van der Waals surface area contributed by atoms with Gasteiger partial charge in [0.1, 0.15) is 30.1 Å². The van der Waals surface area contributed by atoms with Crippen LogP contribution in [0.4, 0.5) is 29.1 Å². The fourth-order valence-corrected chi connectivity index (χ4v) is 5.77. The maximum atomic E-state index is 15.1. The molecule has 0 amide bonds. The van der Waals surface area contributed by atoms with Gasteiger partial charge >= 0.3 is 7.60 Å². The van der Waals surface area contributed by atoms with Crippen LogP contribution in [-0.4, -0.2) is 86.2 Å². The third-order valence-electron chi connectivity index (χ3n) is 7.68. The molecule has 13 nitrogen and oxygen atoms in total. The molecule has 1 unspecified atom stereocenters. The van der Waals surface area contributed by atoms with Crippen molar-refractivity contribution in [2.75, 3.05) is 43.8 Å². The summed E-state index contributed by atoms with van der Waals surface area (Å²) in [6.45, 7) is 0.315. The highest BCUT2D eigenvalue weighted by Gasteiger charge is 2.43. The molecular formula is C27H31F4N8O5P. The normalized spacial score (nSPS) is 19.1. The number of aliphatic hydroxyl groups is 1. The Morgan fingerprint density at radius 3 is 2.64 bits per heavy atom. The number of methoxy groups -OCH3 is 1. The molecule has 0 saturated carbocycles. The van der Waals surface area contributed by atoms with Crippen LogP contribution in [0.25, 0.3) is 22.4 Å². The second kappa shape index (κ2) is 12.8. The Labute approximate surface area is 254 Å². The number of imidazole rings is 1. The summed E-state index contributed by atoms with van der Waals surface area (Å²) in [5, 5.41) is 12.9. The number of alkyl halides is 2. The number of aromatic nitrogens is 5. The summed E-state index contributed by atoms with van der Waals surface area (Å²) in [4.78, 5) is 28.6. The third kappa shape index (κ3) is 6.72. The van der Waals surface area contributed by atoms with Gasteiger partial charge in [0.05, 0.1) is 43.1 Å². The zero-order chi connectivity index (χ0) is 32.5. The van der Waals surface area contributed by atoms with E-state index in [1.807, 2.05) is 0 Å². The van der Waals surface area contributed by atoms with E-state index in [9.17, 15) is 27.7 Å². The molecule has 45 heavy (non-hydrogen) atoms. The lowest BCUT2D eigenvalue weighted by molar-refractivity contribution is -0.0529.